The first-order chi connectivity index (χ1) is 12.1. The SMILES string of the molecule is COc1ccccc1NC(=O)Nc1ccc(CC(=O)NC2CC2)cc1. The molecule has 0 bridgehead atoms. The Bertz CT molecular complexity index is 755. The van der Waals surface area contributed by atoms with E-state index in [1.54, 1.807) is 31.4 Å². The fourth-order valence-electron chi connectivity index (χ4n) is 2.43. The van der Waals surface area contributed by atoms with Gasteiger partial charge in [-0.3, -0.25) is 4.79 Å². The van der Waals surface area contributed by atoms with Crippen LogP contribution in [0.4, 0.5) is 16.2 Å². The summed E-state index contributed by atoms with van der Waals surface area (Å²) in [5.74, 6) is 0.631. The van der Waals surface area contributed by atoms with E-state index in [2.05, 4.69) is 16.0 Å². The Morgan fingerprint density at radius 2 is 1.76 bits per heavy atom. The molecule has 0 radical (unpaired) electrons. The van der Waals surface area contributed by atoms with Gasteiger partial charge in [0.2, 0.25) is 5.91 Å². The number of carbonyl (C=O) groups excluding carboxylic acids is 2. The van der Waals surface area contributed by atoms with Crippen LogP contribution in [0, 0.1) is 0 Å². The van der Waals surface area contributed by atoms with E-state index in [9.17, 15) is 9.59 Å². The van der Waals surface area contributed by atoms with Crippen LogP contribution in [-0.4, -0.2) is 25.1 Å². The number of benzene rings is 2. The molecule has 0 aromatic heterocycles. The number of amides is 3. The number of carbonyl (C=O) groups is 2. The molecule has 0 heterocycles. The fraction of sp³-hybridized carbons (Fsp3) is 0.263. The third-order valence-corrected chi connectivity index (χ3v) is 3.87. The van der Waals surface area contributed by atoms with Gasteiger partial charge in [-0.1, -0.05) is 24.3 Å². The summed E-state index contributed by atoms with van der Waals surface area (Å²) < 4.78 is 5.20. The van der Waals surface area contributed by atoms with Crippen molar-refractivity contribution in [3.05, 3.63) is 54.1 Å². The van der Waals surface area contributed by atoms with Crippen LogP contribution in [0.2, 0.25) is 0 Å². The molecule has 0 atom stereocenters. The Kier molecular flexibility index (Phi) is 5.18. The highest BCUT2D eigenvalue weighted by atomic mass is 16.5. The maximum absolute atomic E-state index is 12.1. The lowest BCUT2D eigenvalue weighted by Crippen LogP contribution is -2.26. The van der Waals surface area contributed by atoms with Crippen molar-refractivity contribution in [3.63, 3.8) is 0 Å². The van der Waals surface area contributed by atoms with E-state index in [0.717, 1.165) is 18.4 Å². The third-order valence-electron chi connectivity index (χ3n) is 3.87. The highest BCUT2D eigenvalue weighted by molar-refractivity contribution is 6.00. The van der Waals surface area contributed by atoms with Crippen LogP contribution in [0.15, 0.2) is 48.5 Å². The smallest absolute Gasteiger partial charge is 0.323 e. The number of hydrogen-bond donors (Lipinski definition) is 3. The lowest BCUT2D eigenvalue weighted by Gasteiger charge is -2.11. The molecule has 3 amide bonds. The van der Waals surface area contributed by atoms with Crippen molar-refractivity contribution in [1.82, 2.24) is 5.32 Å². The molecule has 0 aliphatic heterocycles. The van der Waals surface area contributed by atoms with Gasteiger partial charge in [-0.15, -0.1) is 0 Å². The summed E-state index contributed by atoms with van der Waals surface area (Å²) in [7, 11) is 1.55. The molecule has 1 aliphatic rings. The van der Waals surface area contributed by atoms with Crippen molar-refractivity contribution in [1.29, 1.82) is 0 Å². The van der Waals surface area contributed by atoms with Crippen LogP contribution in [0.3, 0.4) is 0 Å². The molecule has 1 aliphatic carbocycles. The molecule has 2 aromatic carbocycles. The monoisotopic (exact) mass is 339 g/mol. The van der Waals surface area contributed by atoms with Gasteiger partial charge in [-0.05, 0) is 42.7 Å². The molecule has 0 spiro atoms. The predicted molar refractivity (Wildman–Crippen MR) is 96.9 cm³/mol. The van der Waals surface area contributed by atoms with Crippen molar-refractivity contribution in [2.75, 3.05) is 17.7 Å². The number of nitrogens with one attached hydrogen (secondary N) is 3. The lowest BCUT2D eigenvalue weighted by molar-refractivity contribution is -0.120. The topological polar surface area (TPSA) is 79.5 Å². The van der Waals surface area contributed by atoms with Gasteiger partial charge in [0.25, 0.3) is 0 Å². The average molecular weight is 339 g/mol. The van der Waals surface area contributed by atoms with Gasteiger partial charge in [-0.2, -0.15) is 0 Å². The molecular formula is C19H21N3O3. The van der Waals surface area contributed by atoms with Crippen LogP contribution >= 0.6 is 0 Å². The van der Waals surface area contributed by atoms with E-state index in [1.165, 1.54) is 0 Å². The minimum absolute atomic E-state index is 0.0390. The fourth-order valence-corrected chi connectivity index (χ4v) is 2.43. The van der Waals surface area contributed by atoms with Crippen LogP contribution in [0.1, 0.15) is 18.4 Å². The molecule has 25 heavy (non-hydrogen) atoms. The summed E-state index contributed by atoms with van der Waals surface area (Å²) in [5, 5.41) is 8.46. The molecule has 0 saturated heterocycles. The van der Waals surface area contributed by atoms with Crippen LogP contribution in [0.5, 0.6) is 5.75 Å². The highest BCUT2D eigenvalue weighted by Gasteiger charge is 2.23. The Morgan fingerprint density at radius 1 is 1.04 bits per heavy atom. The first kappa shape index (κ1) is 16.8. The van der Waals surface area contributed by atoms with E-state index in [0.29, 0.717) is 29.6 Å². The van der Waals surface area contributed by atoms with Gasteiger partial charge in [0.1, 0.15) is 5.75 Å². The van der Waals surface area contributed by atoms with Crippen molar-refractivity contribution in [3.8, 4) is 5.75 Å². The van der Waals surface area contributed by atoms with Gasteiger partial charge in [-0.25, -0.2) is 4.79 Å². The lowest BCUT2D eigenvalue weighted by atomic mass is 10.1. The first-order valence-corrected chi connectivity index (χ1v) is 8.23. The molecule has 3 N–H and O–H groups in total. The van der Waals surface area contributed by atoms with E-state index in [4.69, 9.17) is 4.74 Å². The minimum Gasteiger partial charge on any atom is -0.495 e. The van der Waals surface area contributed by atoms with E-state index in [-0.39, 0.29) is 11.9 Å². The van der Waals surface area contributed by atoms with Gasteiger partial charge in [0.05, 0.1) is 19.2 Å². The summed E-state index contributed by atoms with van der Waals surface area (Å²) >= 11 is 0. The number of methoxy groups -OCH3 is 1. The average Bonchev–Trinajstić information content (AvgIpc) is 3.41. The van der Waals surface area contributed by atoms with Crippen molar-refractivity contribution >= 4 is 23.3 Å². The van der Waals surface area contributed by atoms with Crippen molar-refractivity contribution in [2.45, 2.75) is 25.3 Å². The van der Waals surface area contributed by atoms with Gasteiger partial charge in [0, 0.05) is 11.7 Å². The normalized spacial score (nSPS) is 13.0. The molecule has 0 unspecified atom stereocenters. The van der Waals surface area contributed by atoms with E-state index >= 15 is 0 Å². The zero-order valence-corrected chi connectivity index (χ0v) is 14.0. The largest absolute Gasteiger partial charge is 0.495 e. The van der Waals surface area contributed by atoms with Gasteiger partial charge >= 0.3 is 6.03 Å². The predicted octanol–water partition coefficient (Wildman–Crippen LogP) is 3.16. The second kappa shape index (κ2) is 7.70. The molecule has 6 heteroatoms. The standard InChI is InChI=1S/C19H21N3O3/c1-25-17-5-3-2-4-16(17)22-19(24)21-15-8-6-13(7-9-15)12-18(23)20-14-10-11-14/h2-9,14H,10-12H2,1H3,(H,20,23)(H2,21,22,24). The Morgan fingerprint density at radius 3 is 2.44 bits per heavy atom. The highest BCUT2D eigenvalue weighted by Crippen LogP contribution is 2.23. The number of anilines is 2. The Labute approximate surface area is 146 Å². The molecule has 2 aromatic rings. The Balaban J connectivity index is 1.53. The second-order valence-corrected chi connectivity index (χ2v) is 5.99. The zero-order valence-electron chi connectivity index (χ0n) is 14.0. The minimum atomic E-state index is -0.358. The molecule has 6 nitrogen and oxygen atoms in total. The third kappa shape index (κ3) is 4.97. The van der Waals surface area contributed by atoms with Crippen LogP contribution in [0.25, 0.3) is 0 Å². The van der Waals surface area contributed by atoms with Crippen LogP contribution in [-0.2, 0) is 11.2 Å². The molecule has 130 valence electrons. The van der Waals surface area contributed by atoms with Crippen molar-refractivity contribution in [2.24, 2.45) is 0 Å². The second-order valence-electron chi connectivity index (χ2n) is 5.99. The summed E-state index contributed by atoms with van der Waals surface area (Å²) in [6.07, 6.45) is 2.51. The summed E-state index contributed by atoms with van der Waals surface area (Å²) in [5.41, 5.74) is 2.16. The molecule has 1 saturated carbocycles. The quantitative estimate of drug-likeness (QED) is 0.756. The number of hydrogen-bond acceptors (Lipinski definition) is 3. The maximum atomic E-state index is 12.1. The number of urea groups is 1. The molecule has 3 rings (SSSR count). The van der Waals surface area contributed by atoms with E-state index in [1.807, 2.05) is 24.3 Å². The number of ether oxygens (including phenoxy) is 1. The number of para-hydroxylation sites is 2. The van der Waals surface area contributed by atoms with Gasteiger partial charge < -0.3 is 20.7 Å². The van der Waals surface area contributed by atoms with Gasteiger partial charge in [0.15, 0.2) is 0 Å². The summed E-state index contributed by atoms with van der Waals surface area (Å²) in [6, 6.07) is 14.4. The summed E-state index contributed by atoms with van der Waals surface area (Å²) in [6.45, 7) is 0. The van der Waals surface area contributed by atoms with E-state index < -0.39 is 0 Å². The van der Waals surface area contributed by atoms with Crippen LogP contribution < -0.4 is 20.7 Å². The molecular weight excluding hydrogens is 318 g/mol. The zero-order chi connectivity index (χ0) is 17.6. The maximum Gasteiger partial charge on any atom is 0.323 e. The Hall–Kier alpha value is -3.02. The number of rotatable bonds is 6. The van der Waals surface area contributed by atoms with Crippen molar-refractivity contribution < 1.29 is 14.3 Å². The summed E-state index contributed by atoms with van der Waals surface area (Å²) in [4.78, 5) is 23.9. The first-order valence-electron chi connectivity index (χ1n) is 8.23. The molecule has 1 fully saturated rings.